The number of rotatable bonds is 9. The van der Waals surface area contributed by atoms with Crippen molar-refractivity contribution in [1.29, 1.82) is 0 Å². The van der Waals surface area contributed by atoms with Gasteiger partial charge < -0.3 is 18.9 Å². The van der Waals surface area contributed by atoms with Crippen LogP contribution in [0, 0.1) is 5.92 Å². The molecule has 2 rings (SSSR count). The van der Waals surface area contributed by atoms with Gasteiger partial charge in [0.1, 0.15) is 12.4 Å². The minimum absolute atomic E-state index is 0.0630. The Morgan fingerprint density at radius 2 is 1.74 bits per heavy atom. The summed E-state index contributed by atoms with van der Waals surface area (Å²) in [5.74, 6) is -1.97. The first-order valence-electron chi connectivity index (χ1n) is 9.47. The number of carbonyl (C=O) groups excluding carboxylic acids is 3. The minimum atomic E-state index is -1.10. The van der Waals surface area contributed by atoms with Gasteiger partial charge in [0.2, 0.25) is 0 Å². The summed E-state index contributed by atoms with van der Waals surface area (Å²) in [5, 5.41) is 3.07. The summed E-state index contributed by atoms with van der Waals surface area (Å²) in [4.78, 5) is 36.0. The van der Waals surface area contributed by atoms with Crippen molar-refractivity contribution in [3.8, 4) is 5.75 Å². The van der Waals surface area contributed by atoms with Gasteiger partial charge in [-0.1, -0.05) is 23.7 Å². The third-order valence-electron chi connectivity index (χ3n) is 4.27. The standard InChI is InChI=1S/C22H24ClNO7/c1-4-30-19-9-8-14(11-18(20(25)28-2)21(26)29-3)10-15(19)13-31-22(27)24-17-7-5-6-16(23)12-17/h5-10,12,18H,4,11,13H2,1-3H3,(H,24,27). The topological polar surface area (TPSA) is 100 Å². The van der Waals surface area contributed by atoms with Gasteiger partial charge in [0, 0.05) is 16.3 Å². The summed E-state index contributed by atoms with van der Waals surface area (Å²) in [5.41, 5.74) is 1.72. The molecule has 0 atom stereocenters. The molecular formula is C22H24ClNO7. The molecule has 2 aromatic carbocycles. The predicted octanol–water partition coefficient (Wildman–Crippen LogP) is 3.99. The Bertz CT molecular complexity index is 916. The van der Waals surface area contributed by atoms with E-state index in [4.69, 9.17) is 30.5 Å². The fourth-order valence-corrected chi connectivity index (χ4v) is 3.01. The largest absolute Gasteiger partial charge is 0.493 e. The summed E-state index contributed by atoms with van der Waals surface area (Å²) in [6, 6.07) is 11.8. The van der Waals surface area contributed by atoms with Gasteiger partial charge in [0.25, 0.3) is 0 Å². The van der Waals surface area contributed by atoms with Crippen LogP contribution in [0.1, 0.15) is 18.1 Å². The van der Waals surface area contributed by atoms with Gasteiger partial charge >= 0.3 is 18.0 Å². The van der Waals surface area contributed by atoms with Crippen LogP contribution in [0.4, 0.5) is 10.5 Å². The van der Waals surface area contributed by atoms with Crippen LogP contribution in [0.5, 0.6) is 5.75 Å². The van der Waals surface area contributed by atoms with Crippen LogP contribution >= 0.6 is 11.6 Å². The number of nitrogens with one attached hydrogen (secondary N) is 1. The lowest BCUT2D eigenvalue weighted by Crippen LogP contribution is -2.28. The van der Waals surface area contributed by atoms with Gasteiger partial charge in [-0.15, -0.1) is 0 Å². The molecule has 8 nitrogen and oxygen atoms in total. The molecule has 0 bridgehead atoms. The fraction of sp³-hybridized carbons (Fsp3) is 0.318. The molecule has 1 N–H and O–H groups in total. The Hall–Kier alpha value is -3.26. The van der Waals surface area contributed by atoms with E-state index in [-0.39, 0.29) is 13.0 Å². The summed E-state index contributed by atoms with van der Waals surface area (Å²) < 4.78 is 20.3. The zero-order valence-corrected chi connectivity index (χ0v) is 18.2. The first kappa shape index (κ1) is 24.0. The molecule has 0 aliphatic carbocycles. The normalized spacial score (nSPS) is 10.4. The van der Waals surface area contributed by atoms with E-state index in [1.54, 1.807) is 42.5 Å². The first-order chi connectivity index (χ1) is 14.9. The molecule has 31 heavy (non-hydrogen) atoms. The number of hydrogen-bond donors (Lipinski definition) is 1. The van der Waals surface area contributed by atoms with Crippen molar-refractivity contribution in [3.05, 3.63) is 58.6 Å². The van der Waals surface area contributed by atoms with E-state index in [0.29, 0.717) is 34.2 Å². The molecule has 0 heterocycles. The predicted molar refractivity (Wildman–Crippen MR) is 114 cm³/mol. The van der Waals surface area contributed by atoms with Crippen molar-refractivity contribution >= 4 is 35.3 Å². The highest BCUT2D eigenvalue weighted by Gasteiger charge is 2.29. The third kappa shape index (κ3) is 7.18. The van der Waals surface area contributed by atoms with Gasteiger partial charge in [0.05, 0.1) is 20.8 Å². The van der Waals surface area contributed by atoms with Crippen LogP contribution in [0.2, 0.25) is 5.02 Å². The van der Waals surface area contributed by atoms with Crippen molar-refractivity contribution in [2.75, 3.05) is 26.1 Å². The SMILES string of the molecule is CCOc1ccc(CC(C(=O)OC)C(=O)OC)cc1COC(=O)Nc1cccc(Cl)c1. The molecule has 0 spiro atoms. The average Bonchev–Trinajstić information content (AvgIpc) is 2.76. The Morgan fingerprint density at radius 1 is 1.03 bits per heavy atom. The van der Waals surface area contributed by atoms with E-state index in [2.05, 4.69) is 5.32 Å². The highest BCUT2D eigenvalue weighted by atomic mass is 35.5. The molecule has 0 aromatic heterocycles. The molecule has 166 valence electrons. The highest BCUT2D eigenvalue weighted by Crippen LogP contribution is 2.24. The van der Waals surface area contributed by atoms with Crippen molar-refractivity contribution in [2.45, 2.75) is 20.0 Å². The molecule has 0 unspecified atom stereocenters. The Morgan fingerprint density at radius 3 is 2.35 bits per heavy atom. The Kier molecular flexibility index (Phi) is 9.14. The first-order valence-corrected chi connectivity index (χ1v) is 9.85. The summed E-state index contributed by atoms with van der Waals surface area (Å²) in [7, 11) is 2.41. The van der Waals surface area contributed by atoms with Gasteiger partial charge in [-0.2, -0.15) is 0 Å². The number of carbonyl (C=O) groups is 3. The summed E-state index contributed by atoms with van der Waals surface area (Å²) in [6.45, 7) is 2.15. The molecule has 1 amide bonds. The van der Waals surface area contributed by atoms with Gasteiger partial charge in [-0.05, 0) is 49.2 Å². The van der Waals surface area contributed by atoms with E-state index in [1.807, 2.05) is 6.92 Å². The third-order valence-corrected chi connectivity index (χ3v) is 4.50. The number of hydrogen-bond acceptors (Lipinski definition) is 7. The second-order valence-corrected chi connectivity index (χ2v) is 6.83. The number of halogens is 1. The van der Waals surface area contributed by atoms with Gasteiger partial charge in [-0.3, -0.25) is 14.9 Å². The van der Waals surface area contributed by atoms with E-state index >= 15 is 0 Å². The Balaban J connectivity index is 2.14. The van der Waals surface area contributed by atoms with Crippen LogP contribution in [-0.2, 0) is 36.8 Å². The van der Waals surface area contributed by atoms with Crippen LogP contribution in [0.25, 0.3) is 0 Å². The van der Waals surface area contributed by atoms with Crippen LogP contribution < -0.4 is 10.1 Å². The molecule has 9 heteroatoms. The van der Waals surface area contributed by atoms with Crippen LogP contribution in [-0.4, -0.2) is 38.9 Å². The second kappa shape index (κ2) is 11.8. The van der Waals surface area contributed by atoms with E-state index in [1.165, 1.54) is 14.2 Å². The Labute approximate surface area is 185 Å². The average molecular weight is 450 g/mol. The zero-order valence-electron chi connectivity index (χ0n) is 17.5. The molecule has 0 saturated heterocycles. The smallest absolute Gasteiger partial charge is 0.411 e. The molecule has 0 fully saturated rings. The number of anilines is 1. The lowest BCUT2D eigenvalue weighted by molar-refractivity contribution is -0.158. The highest BCUT2D eigenvalue weighted by molar-refractivity contribution is 6.30. The number of methoxy groups -OCH3 is 2. The van der Waals surface area contributed by atoms with E-state index in [0.717, 1.165) is 0 Å². The monoisotopic (exact) mass is 449 g/mol. The molecule has 0 aliphatic heterocycles. The van der Waals surface area contributed by atoms with Crippen molar-refractivity contribution in [3.63, 3.8) is 0 Å². The van der Waals surface area contributed by atoms with Crippen molar-refractivity contribution in [1.82, 2.24) is 0 Å². The number of amides is 1. The maximum absolute atomic E-state index is 12.1. The molecule has 2 aromatic rings. The lowest BCUT2D eigenvalue weighted by atomic mass is 9.97. The number of ether oxygens (including phenoxy) is 4. The van der Waals surface area contributed by atoms with Crippen molar-refractivity contribution in [2.24, 2.45) is 5.92 Å². The number of esters is 2. The zero-order chi connectivity index (χ0) is 22.8. The van der Waals surface area contributed by atoms with E-state index < -0.39 is 23.9 Å². The maximum atomic E-state index is 12.1. The lowest BCUT2D eigenvalue weighted by Gasteiger charge is -2.15. The fourth-order valence-electron chi connectivity index (χ4n) is 2.82. The van der Waals surface area contributed by atoms with Gasteiger partial charge in [0.15, 0.2) is 5.92 Å². The van der Waals surface area contributed by atoms with E-state index in [9.17, 15) is 14.4 Å². The van der Waals surface area contributed by atoms with Crippen LogP contribution in [0.3, 0.4) is 0 Å². The number of benzene rings is 2. The van der Waals surface area contributed by atoms with Crippen molar-refractivity contribution < 1.29 is 33.3 Å². The molecular weight excluding hydrogens is 426 g/mol. The summed E-state index contributed by atoms with van der Waals surface area (Å²) in [6.07, 6.45) is -0.606. The molecule has 0 saturated carbocycles. The van der Waals surface area contributed by atoms with Gasteiger partial charge in [-0.25, -0.2) is 4.79 Å². The van der Waals surface area contributed by atoms with Crippen LogP contribution in [0.15, 0.2) is 42.5 Å². The summed E-state index contributed by atoms with van der Waals surface area (Å²) >= 11 is 5.91. The second-order valence-electron chi connectivity index (χ2n) is 6.39. The quantitative estimate of drug-likeness (QED) is 0.351. The minimum Gasteiger partial charge on any atom is -0.493 e. The molecule has 0 radical (unpaired) electrons. The molecule has 0 aliphatic rings. The maximum Gasteiger partial charge on any atom is 0.411 e.